The van der Waals surface area contributed by atoms with Gasteiger partial charge in [0.2, 0.25) is 5.91 Å². The number of alkyl carbamates (subject to hydrolysis) is 1. The molecule has 5 nitrogen and oxygen atoms in total. The molecule has 58 valence electrons. The topological polar surface area (TPSA) is 81.4 Å². The first kappa shape index (κ1) is 8.90. The number of carbonyl (C=O) groups excluding carboxylic acids is 2. The highest BCUT2D eigenvalue weighted by molar-refractivity contribution is 5.91. The van der Waals surface area contributed by atoms with E-state index in [1.165, 1.54) is 7.11 Å². The molecule has 3 N–H and O–H groups in total. The molecule has 0 aliphatic carbocycles. The van der Waals surface area contributed by atoms with Gasteiger partial charge in [0, 0.05) is 13.0 Å². The second-order valence-corrected chi connectivity index (χ2v) is 1.58. The lowest BCUT2D eigenvalue weighted by molar-refractivity contribution is -0.120. The third-order valence-corrected chi connectivity index (χ3v) is 0.798. The summed E-state index contributed by atoms with van der Waals surface area (Å²) in [6.45, 7) is 0.225. The maximum Gasteiger partial charge on any atom is 0.413 e. The van der Waals surface area contributed by atoms with Crippen molar-refractivity contribution in [3.8, 4) is 0 Å². The van der Waals surface area contributed by atoms with E-state index in [0.717, 1.165) is 0 Å². The molecule has 5 heteroatoms. The van der Waals surface area contributed by atoms with Gasteiger partial charge in [0.1, 0.15) is 0 Å². The molecule has 0 aromatic rings. The standard InChI is InChI=1S/C5H10N2O3/c1-10-5(9)7-4(8)2-3-6/h2-3,6H2,1H3,(H,7,8,9). The summed E-state index contributed by atoms with van der Waals surface area (Å²) in [6.07, 6.45) is -0.617. The zero-order valence-electron chi connectivity index (χ0n) is 5.72. The lowest BCUT2D eigenvalue weighted by atomic mass is 10.4. The van der Waals surface area contributed by atoms with Crippen LogP contribution in [0.15, 0.2) is 0 Å². The first-order chi connectivity index (χ1) is 4.70. The second-order valence-electron chi connectivity index (χ2n) is 1.58. The smallest absolute Gasteiger partial charge is 0.413 e. The number of nitrogens with one attached hydrogen (secondary N) is 1. The van der Waals surface area contributed by atoms with Crippen molar-refractivity contribution in [2.45, 2.75) is 6.42 Å². The van der Waals surface area contributed by atoms with Gasteiger partial charge in [0.15, 0.2) is 0 Å². The highest BCUT2D eigenvalue weighted by Gasteiger charge is 2.04. The van der Waals surface area contributed by atoms with Crippen molar-refractivity contribution in [3.63, 3.8) is 0 Å². The Bertz CT molecular complexity index is 135. The van der Waals surface area contributed by atoms with Crippen LogP contribution in [-0.2, 0) is 9.53 Å². The summed E-state index contributed by atoms with van der Waals surface area (Å²) >= 11 is 0. The second kappa shape index (κ2) is 4.75. The Balaban J connectivity index is 3.47. The predicted molar refractivity (Wildman–Crippen MR) is 34.2 cm³/mol. The maximum absolute atomic E-state index is 10.5. The van der Waals surface area contributed by atoms with E-state index in [1.807, 2.05) is 5.32 Å². The van der Waals surface area contributed by atoms with Gasteiger partial charge in [-0.05, 0) is 0 Å². The number of carbonyl (C=O) groups is 2. The van der Waals surface area contributed by atoms with E-state index < -0.39 is 12.0 Å². The van der Waals surface area contributed by atoms with Gasteiger partial charge in [-0.2, -0.15) is 0 Å². The summed E-state index contributed by atoms with van der Waals surface area (Å²) in [7, 11) is 1.19. The minimum absolute atomic E-state index is 0.134. The van der Waals surface area contributed by atoms with Crippen LogP contribution in [0.25, 0.3) is 0 Å². The van der Waals surface area contributed by atoms with E-state index >= 15 is 0 Å². The molecule has 10 heavy (non-hydrogen) atoms. The van der Waals surface area contributed by atoms with Gasteiger partial charge in [-0.15, -0.1) is 0 Å². The quantitative estimate of drug-likeness (QED) is 0.535. The first-order valence-corrected chi connectivity index (χ1v) is 2.78. The van der Waals surface area contributed by atoms with E-state index in [2.05, 4.69) is 4.74 Å². The van der Waals surface area contributed by atoms with Gasteiger partial charge in [0.05, 0.1) is 7.11 Å². The lowest BCUT2D eigenvalue weighted by Crippen LogP contribution is -2.31. The Hall–Kier alpha value is -1.10. The number of methoxy groups -OCH3 is 1. The Morgan fingerprint density at radius 2 is 2.20 bits per heavy atom. The Morgan fingerprint density at radius 1 is 1.60 bits per heavy atom. The molecular formula is C5H10N2O3. The van der Waals surface area contributed by atoms with Crippen LogP contribution in [0.5, 0.6) is 0 Å². The highest BCUT2D eigenvalue weighted by atomic mass is 16.5. The van der Waals surface area contributed by atoms with Crippen LogP contribution in [0.1, 0.15) is 6.42 Å². The number of amides is 2. The average molecular weight is 146 g/mol. The van der Waals surface area contributed by atoms with Crippen LogP contribution in [-0.4, -0.2) is 25.7 Å². The molecule has 0 aliphatic rings. The molecule has 0 aromatic heterocycles. The van der Waals surface area contributed by atoms with Crippen LogP contribution in [0.2, 0.25) is 0 Å². The van der Waals surface area contributed by atoms with Gasteiger partial charge >= 0.3 is 6.09 Å². The molecule has 0 rings (SSSR count). The third kappa shape index (κ3) is 3.85. The molecule has 0 aliphatic heterocycles. The summed E-state index contributed by atoms with van der Waals surface area (Å²) in [5.74, 6) is -0.422. The van der Waals surface area contributed by atoms with Crippen molar-refractivity contribution in [1.82, 2.24) is 5.32 Å². The molecule has 0 atom stereocenters. The zero-order valence-corrected chi connectivity index (χ0v) is 5.72. The summed E-state index contributed by atoms with van der Waals surface area (Å²) in [5, 5.41) is 1.95. The summed E-state index contributed by atoms with van der Waals surface area (Å²) in [6, 6.07) is 0. The van der Waals surface area contributed by atoms with Crippen LogP contribution in [0, 0.1) is 0 Å². The number of rotatable bonds is 2. The van der Waals surface area contributed by atoms with E-state index in [-0.39, 0.29) is 13.0 Å². The molecule has 0 heterocycles. The number of hydrogen-bond donors (Lipinski definition) is 2. The minimum atomic E-state index is -0.751. The van der Waals surface area contributed by atoms with Crippen molar-refractivity contribution in [3.05, 3.63) is 0 Å². The fourth-order valence-corrected chi connectivity index (χ4v) is 0.358. The van der Waals surface area contributed by atoms with Gasteiger partial charge in [0.25, 0.3) is 0 Å². The van der Waals surface area contributed by atoms with Crippen LogP contribution in [0.3, 0.4) is 0 Å². The van der Waals surface area contributed by atoms with E-state index in [1.54, 1.807) is 0 Å². The molecule has 2 amide bonds. The van der Waals surface area contributed by atoms with E-state index in [9.17, 15) is 9.59 Å². The van der Waals surface area contributed by atoms with Crippen molar-refractivity contribution in [2.24, 2.45) is 5.73 Å². The van der Waals surface area contributed by atoms with Gasteiger partial charge in [-0.3, -0.25) is 10.1 Å². The zero-order chi connectivity index (χ0) is 7.98. The molecular weight excluding hydrogens is 136 g/mol. The SMILES string of the molecule is COC(=O)NC(=O)CCN. The predicted octanol–water partition coefficient (Wildman–Crippen LogP) is -0.782. The van der Waals surface area contributed by atoms with Crippen molar-refractivity contribution >= 4 is 12.0 Å². The normalized spacial score (nSPS) is 8.60. The summed E-state index contributed by atoms with van der Waals surface area (Å²) < 4.78 is 4.16. The van der Waals surface area contributed by atoms with Crippen LogP contribution >= 0.6 is 0 Å². The largest absolute Gasteiger partial charge is 0.453 e. The van der Waals surface area contributed by atoms with Gasteiger partial charge in [-0.1, -0.05) is 0 Å². The molecule has 0 radical (unpaired) electrons. The van der Waals surface area contributed by atoms with Crippen molar-refractivity contribution in [1.29, 1.82) is 0 Å². The number of ether oxygens (including phenoxy) is 1. The minimum Gasteiger partial charge on any atom is -0.453 e. The molecule has 0 unspecified atom stereocenters. The number of nitrogens with two attached hydrogens (primary N) is 1. The Morgan fingerprint density at radius 3 is 2.60 bits per heavy atom. The van der Waals surface area contributed by atoms with Gasteiger partial charge < -0.3 is 10.5 Å². The Labute approximate surface area is 58.5 Å². The summed E-state index contributed by atoms with van der Waals surface area (Å²) in [4.78, 5) is 20.8. The monoisotopic (exact) mass is 146 g/mol. The molecule has 0 saturated heterocycles. The van der Waals surface area contributed by atoms with Gasteiger partial charge in [-0.25, -0.2) is 4.79 Å². The fraction of sp³-hybridized carbons (Fsp3) is 0.600. The van der Waals surface area contributed by atoms with Crippen molar-refractivity contribution in [2.75, 3.05) is 13.7 Å². The third-order valence-electron chi connectivity index (χ3n) is 0.798. The Kier molecular flexibility index (Phi) is 4.23. The number of imide groups is 1. The first-order valence-electron chi connectivity index (χ1n) is 2.78. The number of hydrogen-bond acceptors (Lipinski definition) is 4. The average Bonchev–Trinajstić information content (AvgIpc) is 1.88. The van der Waals surface area contributed by atoms with E-state index in [4.69, 9.17) is 5.73 Å². The maximum atomic E-state index is 10.5. The fourth-order valence-electron chi connectivity index (χ4n) is 0.358. The summed E-state index contributed by atoms with van der Waals surface area (Å²) in [5.41, 5.74) is 5.03. The van der Waals surface area contributed by atoms with E-state index in [0.29, 0.717) is 0 Å². The molecule has 0 saturated carbocycles. The molecule has 0 aromatic carbocycles. The van der Waals surface area contributed by atoms with Crippen molar-refractivity contribution < 1.29 is 14.3 Å². The highest BCUT2D eigenvalue weighted by Crippen LogP contribution is 1.76. The molecule has 0 spiro atoms. The lowest BCUT2D eigenvalue weighted by Gasteiger charge is -1.98. The molecule has 0 bridgehead atoms. The molecule has 0 fully saturated rings. The van der Waals surface area contributed by atoms with Crippen LogP contribution < -0.4 is 11.1 Å². The van der Waals surface area contributed by atoms with Crippen LogP contribution in [0.4, 0.5) is 4.79 Å².